The topological polar surface area (TPSA) is 21.6 Å². The highest BCUT2D eigenvalue weighted by atomic mass is 19.4. The second-order valence-electron chi connectivity index (χ2n) is 5.01. The lowest BCUT2D eigenvalue weighted by molar-refractivity contribution is -0.137. The van der Waals surface area contributed by atoms with E-state index >= 15 is 0 Å². The van der Waals surface area contributed by atoms with Gasteiger partial charge in [0.2, 0.25) is 0 Å². The molecule has 0 saturated heterocycles. The van der Waals surface area contributed by atoms with Gasteiger partial charge in [-0.25, -0.2) is 9.38 Å². The Morgan fingerprint density at radius 1 is 1.35 bits per heavy atom. The molecular weight excluding hydrogens is 274 g/mol. The smallest absolute Gasteiger partial charge is 0.416 e. The van der Waals surface area contributed by atoms with Gasteiger partial charge >= 0.3 is 6.18 Å². The number of aliphatic imine (C=N–C) groups is 1. The van der Waals surface area contributed by atoms with Gasteiger partial charge in [-0.05, 0) is 25.5 Å². The van der Waals surface area contributed by atoms with Gasteiger partial charge in [-0.15, -0.1) is 0 Å². The SMILES string of the molecule is CCCC1=N[C@](C)(c2ccc(C(F)(F)F)cc2F)CO1. The molecule has 1 atom stereocenters. The van der Waals surface area contributed by atoms with E-state index in [9.17, 15) is 17.6 Å². The molecule has 0 saturated carbocycles. The van der Waals surface area contributed by atoms with Gasteiger partial charge in [-0.1, -0.05) is 13.0 Å². The van der Waals surface area contributed by atoms with Crippen LogP contribution >= 0.6 is 0 Å². The van der Waals surface area contributed by atoms with E-state index in [4.69, 9.17) is 4.74 Å². The molecule has 1 aliphatic rings. The van der Waals surface area contributed by atoms with Crippen molar-refractivity contribution in [2.24, 2.45) is 4.99 Å². The van der Waals surface area contributed by atoms with Crippen LogP contribution in [0.5, 0.6) is 0 Å². The van der Waals surface area contributed by atoms with Crippen LogP contribution in [-0.4, -0.2) is 12.5 Å². The van der Waals surface area contributed by atoms with E-state index in [1.54, 1.807) is 6.92 Å². The van der Waals surface area contributed by atoms with Crippen LogP contribution in [0.15, 0.2) is 23.2 Å². The minimum Gasteiger partial charge on any atom is -0.478 e. The van der Waals surface area contributed by atoms with Crippen LogP contribution in [0, 0.1) is 5.82 Å². The minimum absolute atomic E-state index is 0.122. The Bertz CT molecular complexity index is 538. The quantitative estimate of drug-likeness (QED) is 0.761. The van der Waals surface area contributed by atoms with Gasteiger partial charge in [0.15, 0.2) is 5.90 Å². The molecule has 0 unspecified atom stereocenters. The zero-order chi connectivity index (χ0) is 15.0. The number of hydrogen-bond acceptors (Lipinski definition) is 2. The highest BCUT2D eigenvalue weighted by Crippen LogP contribution is 2.36. The number of benzene rings is 1. The second kappa shape index (κ2) is 5.07. The van der Waals surface area contributed by atoms with Crippen LogP contribution in [0.25, 0.3) is 0 Å². The third-order valence-corrected chi connectivity index (χ3v) is 3.23. The summed E-state index contributed by atoms with van der Waals surface area (Å²) in [6.07, 6.45) is -3.08. The van der Waals surface area contributed by atoms with Crippen LogP contribution in [0.2, 0.25) is 0 Å². The maximum absolute atomic E-state index is 14.0. The molecule has 2 nitrogen and oxygen atoms in total. The van der Waals surface area contributed by atoms with Crippen LogP contribution in [0.4, 0.5) is 17.6 Å². The summed E-state index contributed by atoms with van der Waals surface area (Å²) in [5, 5.41) is 0. The van der Waals surface area contributed by atoms with Crippen molar-refractivity contribution in [3.8, 4) is 0 Å². The number of nitrogens with zero attached hydrogens (tertiary/aromatic N) is 1. The highest BCUT2D eigenvalue weighted by Gasteiger charge is 2.37. The summed E-state index contributed by atoms with van der Waals surface area (Å²) in [5.41, 5.74) is -1.84. The van der Waals surface area contributed by atoms with Crippen molar-refractivity contribution in [2.75, 3.05) is 6.61 Å². The molecule has 1 aromatic carbocycles. The third-order valence-electron chi connectivity index (χ3n) is 3.23. The van der Waals surface area contributed by atoms with E-state index in [2.05, 4.69) is 4.99 Å². The summed E-state index contributed by atoms with van der Waals surface area (Å²) in [4.78, 5) is 4.31. The first-order valence-electron chi connectivity index (χ1n) is 6.35. The lowest BCUT2D eigenvalue weighted by Gasteiger charge is -2.20. The Morgan fingerprint density at radius 3 is 2.60 bits per heavy atom. The number of halogens is 4. The molecule has 0 fully saturated rings. The predicted molar refractivity (Wildman–Crippen MR) is 67.0 cm³/mol. The van der Waals surface area contributed by atoms with Crippen molar-refractivity contribution >= 4 is 5.90 Å². The molecule has 0 amide bonds. The van der Waals surface area contributed by atoms with Crippen molar-refractivity contribution in [3.05, 3.63) is 35.1 Å². The third kappa shape index (κ3) is 2.78. The van der Waals surface area contributed by atoms with Crippen LogP contribution in [0.3, 0.4) is 0 Å². The number of ether oxygens (including phenoxy) is 1. The Kier molecular flexibility index (Phi) is 3.75. The average molecular weight is 289 g/mol. The van der Waals surface area contributed by atoms with Crippen molar-refractivity contribution in [1.82, 2.24) is 0 Å². The highest BCUT2D eigenvalue weighted by molar-refractivity contribution is 5.78. The summed E-state index contributed by atoms with van der Waals surface area (Å²) in [7, 11) is 0. The fraction of sp³-hybridized carbons (Fsp3) is 0.500. The normalized spacial score (nSPS) is 22.6. The van der Waals surface area contributed by atoms with Crippen molar-refractivity contribution in [2.45, 2.75) is 38.4 Å². The van der Waals surface area contributed by atoms with Gasteiger partial charge < -0.3 is 4.74 Å². The number of rotatable bonds is 3. The maximum atomic E-state index is 14.0. The fourth-order valence-corrected chi connectivity index (χ4v) is 2.17. The lowest BCUT2D eigenvalue weighted by Crippen LogP contribution is -2.23. The summed E-state index contributed by atoms with van der Waals surface area (Å²) in [6.45, 7) is 3.76. The van der Waals surface area contributed by atoms with E-state index in [0.717, 1.165) is 18.6 Å². The average Bonchev–Trinajstić information content (AvgIpc) is 2.71. The van der Waals surface area contributed by atoms with Gasteiger partial charge in [0, 0.05) is 12.0 Å². The molecule has 0 radical (unpaired) electrons. The van der Waals surface area contributed by atoms with Crippen molar-refractivity contribution in [3.63, 3.8) is 0 Å². The molecule has 0 spiro atoms. The second-order valence-corrected chi connectivity index (χ2v) is 5.01. The molecule has 1 heterocycles. The van der Waals surface area contributed by atoms with E-state index in [0.29, 0.717) is 18.4 Å². The molecule has 20 heavy (non-hydrogen) atoms. The molecule has 0 aliphatic carbocycles. The van der Waals surface area contributed by atoms with E-state index < -0.39 is 23.1 Å². The fourth-order valence-electron chi connectivity index (χ4n) is 2.17. The number of alkyl halides is 3. The van der Waals surface area contributed by atoms with Crippen molar-refractivity contribution < 1.29 is 22.3 Å². The van der Waals surface area contributed by atoms with Gasteiger partial charge in [0.05, 0.1) is 5.56 Å². The zero-order valence-electron chi connectivity index (χ0n) is 11.2. The zero-order valence-corrected chi connectivity index (χ0v) is 11.2. The van der Waals surface area contributed by atoms with E-state index in [1.807, 2.05) is 6.92 Å². The van der Waals surface area contributed by atoms with Crippen LogP contribution in [-0.2, 0) is 16.5 Å². The van der Waals surface area contributed by atoms with Crippen LogP contribution < -0.4 is 0 Å². The van der Waals surface area contributed by atoms with Gasteiger partial charge in [0.25, 0.3) is 0 Å². The Hall–Kier alpha value is -1.59. The first-order chi connectivity index (χ1) is 9.26. The maximum Gasteiger partial charge on any atom is 0.416 e. The number of hydrogen-bond donors (Lipinski definition) is 0. The van der Waals surface area contributed by atoms with E-state index in [-0.39, 0.29) is 12.2 Å². The molecule has 1 aromatic rings. The van der Waals surface area contributed by atoms with Gasteiger partial charge in [-0.3, -0.25) is 0 Å². The van der Waals surface area contributed by atoms with Crippen molar-refractivity contribution in [1.29, 1.82) is 0 Å². The Morgan fingerprint density at radius 2 is 2.05 bits per heavy atom. The molecule has 0 N–H and O–H groups in total. The molecule has 2 rings (SSSR count). The Balaban J connectivity index is 2.35. The van der Waals surface area contributed by atoms with Gasteiger partial charge in [-0.2, -0.15) is 13.2 Å². The molecule has 6 heteroatoms. The molecule has 0 aromatic heterocycles. The van der Waals surface area contributed by atoms with Crippen LogP contribution in [0.1, 0.15) is 37.8 Å². The summed E-state index contributed by atoms with van der Waals surface area (Å²) in [5.74, 6) is -0.387. The standard InChI is InChI=1S/C14H15F4NO/c1-3-4-12-19-13(2,8-20-12)10-6-5-9(7-11(10)15)14(16,17)18/h5-7H,3-4,8H2,1-2H3/t13-/m0/s1. The predicted octanol–water partition coefficient (Wildman–Crippen LogP) is 4.29. The summed E-state index contributed by atoms with van der Waals surface area (Å²) < 4.78 is 56.9. The molecular formula is C14H15F4NO. The molecule has 1 aliphatic heterocycles. The molecule has 0 bridgehead atoms. The minimum atomic E-state index is -4.55. The lowest BCUT2D eigenvalue weighted by atomic mass is 9.92. The van der Waals surface area contributed by atoms with E-state index in [1.165, 1.54) is 0 Å². The van der Waals surface area contributed by atoms with Gasteiger partial charge in [0.1, 0.15) is 18.0 Å². The first-order valence-corrected chi connectivity index (χ1v) is 6.35. The first kappa shape index (κ1) is 14.8. The Labute approximate surface area is 114 Å². The monoisotopic (exact) mass is 289 g/mol. The molecule has 110 valence electrons. The summed E-state index contributed by atoms with van der Waals surface area (Å²) >= 11 is 0. The largest absolute Gasteiger partial charge is 0.478 e. The summed E-state index contributed by atoms with van der Waals surface area (Å²) in [6, 6.07) is 2.52.